The Hall–Kier alpha value is -2.42. The van der Waals surface area contributed by atoms with Gasteiger partial charge in [-0.1, -0.05) is 29.8 Å². The second-order valence-corrected chi connectivity index (χ2v) is 5.64. The highest BCUT2D eigenvalue weighted by Gasteiger charge is 2.13. The first-order valence-corrected chi connectivity index (χ1v) is 7.05. The second kappa shape index (κ2) is 4.85. The molecular weight excluding hydrogens is 260 g/mol. The summed E-state index contributed by atoms with van der Waals surface area (Å²) in [5.74, 6) is 0. The summed E-state index contributed by atoms with van der Waals surface area (Å²) >= 11 is 0. The molecule has 106 valence electrons. The Morgan fingerprint density at radius 3 is 2.33 bits per heavy atom. The van der Waals surface area contributed by atoms with Crippen LogP contribution in [0.1, 0.15) is 22.4 Å². The van der Waals surface area contributed by atoms with Crippen molar-refractivity contribution in [3.8, 4) is 11.1 Å². The van der Waals surface area contributed by atoms with Gasteiger partial charge in [-0.05, 0) is 56.0 Å². The zero-order valence-corrected chi connectivity index (χ0v) is 12.7. The molecule has 0 spiro atoms. The fourth-order valence-corrected chi connectivity index (χ4v) is 3.08. The quantitative estimate of drug-likeness (QED) is 0.735. The molecule has 21 heavy (non-hydrogen) atoms. The Labute approximate surface area is 123 Å². The first kappa shape index (κ1) is 13.6. The molecule has 0 atom stereocenters. The fraction of sp³-hybridized carbons (Fsp3) is 0.222. The Bertz CT molecular complexity index is 884. The lowest BCUT2D eigenvalue weighted by Gasteiger charge is -2.13. The number of nitrogens with zero attached hydrogens (tertiary/aromatic N) is 1. The van der Waals surface area contributed by atoms with Gasteiger partial charge in [0.25, 0.3) is 0 Å². The van der Waals surface area contributed by atoms with E-state index in [-0.39, 0.29) is 5.43 Å². The number of hydrogen-bond acceptors (Lipinski definition) is 2. The monoisotopic (exact) mass is 278 g/mol. The minimum Gasteiger partial charge on any atom is -0.287 e. The molecule has 3 heteroatoms. The van der Waals surface area contributed by atoms with Crippen molar-refractivity contribution in [2.45, 2.75) is 27.7 Å². The maximum absolute atomic E-state index is 12.5. The normalized spacial score (nSPS) is 11.0. The molecule has 2 aromatic carbocycles. The molecule has 0 radical (unpaired) electrons. The molecule has 0 bridgehead atoms. The lowest BCUT2D eigenvalue weighted by molar-refractivity contribution is 1.00. The van der Waals surface area contributed by atoms with Gasteiger partial charge in [0.15, 0.2) is 0 Å². The van der Waals surface area contributed by atoms with Gasteiger partial charge in [0.1, 0.15) is 5.69 Å². The van der Waals surface area contributed by atoms with E-state index in [2.05, 4.69) is 43.1 Å². The highest BCUT2D eigenvalue weighted by Crippen LogP contribution is 2.31. The largest absolute Gasteiger partial charge is 0.287 e. The van der Waals surface area contributed by atoms with Crippen molar-refractivity contribution in [2.75, 3.05) is 0 Å². The molecule has 0 aliphatic rings. The molecule has 3 nitrogen and oxygen atoms in total. The minimum atomic E-state index is -0.00118. The van der Waals surface area contributed by atoms with Crippen LogP contribution >= 0.6 is 0 Å². The SMILES string of the molecule is Cc1cc(C)c(-c2cccc3[nH]nc(C)c(=O)c23)c(C)c1. The van der Waals surface area contributed by atoms with Crippen molar-refractivity contribution < 1.29 is 0 Å². The van der Waals surface area contributed by atoms with Crippen LogP contribution in [0.15, 0.2) is 35.1 Å². The maximum atomic E-state index is 12.5. The van der Waals surface area contributed by atoms with Gasteiger partial charge >= 0.3 is 0 Å². The number of nitrogens with one attached hydrogen (secondary N) is 1. The average Bonchev–Trinajstić information content (AvgIpc) is 2.42. The third kappa shape index (κ3) is 2.15. The Morgan fingerprint density at radius 1 is 1.00 bits per heavy atom. The minimum absolute atomic E-state index is 0.00118. The molecule has 0 aliphatic carbocycles. The predicted molar refractivity (Wildman–Crippen MR) is 86.7 cm³/mol. The van der Waals surface area contributed by atoms with Crippen LogP contribution in [0.25, 0.3) is 22.0 Å². The number of benzene rings is 2. The molecule has 0 fully saturated rings. The lowest BCUT2D eigenvalue weighted by atomic mass is 9.91. The van der Waals surface area contributed by atoms with Crippen LogP contribution in [0.5, 0.6) is 0 Å². The van der Waals surface area contributed by atoms with E-state index in [9.17, 15) is 4.79 Å². The van der Waals surface area contributed by atoms with E-state index in [0.29, 0.717) is 5.69 Å². The summed E-state index contributed by atoms with van der Waals surface area (Å²) in [7, 11) is 0. The number of fused-ring (bicyclic) bond motifs is 1. The average molecular weight is 278 g/mol. The summed E-state index contributed by atoms with van der Waals surface area (Å²) in [4.78, 5) is 12.5. The van der Waals surface area contributed by atoms with Crippen molar-refractivity contribution in [1.29, 1.82) is 0 Å². The molecular formula is C18H18N2O. The van der Waals surface area contributed by atoms with Crippen LogP contribution < -0.4 is 5.43 Å². The summed E-state index contributed by atoms with van der Waals surface area (Å²) in [5.41, 5.74) is 7.01. The van der Waals surface area contributed by atoms with Gasteiger partial charge < -0.3 is 0 Å². The number of H-pyrrole nitrogens is 1. The van der Waals surface area contributed by atoms with Crippen LogP contribution in [-0.4, -0.2) is 10.2 Å². The molecule has 1 aromatic heterocycles. The van der Waals surface area contributed by atoms with E-state index >= 15 is 0 Å². The van der Waals surface area contributed by atoms with Crippen LogP contribution in [0.2, 0.25) is 0 Å². The second-order valence-electron chi connectivity index (χ2n) is 5.64. The lowest BCUT2D eigenvalue weighted by Crippen LogP contribution is -2.11. The summed E-state index contributed by atoms with van der Waals surface area (Å²) in [6.45, 7) is 8.02. The fourth-order valence-electron chi connectivity index (χ4n) is 3.08. The van der Waals surface area contributed by atoms with Crippen molar-refractivity contribution in [3.63, 3.8) is 0 Å². The van der Waals surface area contributed by atoms with E-state index in [1.54, 1.807) is 6.92 Å². The van der Waals surface area contributed by atoms with Crippen molar-refractivity contribution in [3.05, 3.63) is 62.9 Å². The Kier molecular flexibility index (Phi) is 3.13. The number of hydrogen-bond donors (Lipinski definition) is 1. The Balaban J connectivity index is 2.47. The van der Waals surface area contributed by atoms with Crippen LogP contribution in [0.3, 0.4) is 0 Å². The molecule has 0 amide bonds. The standard InChI is InChI=1S/C18H18N2O/c1-10-8-11(2)16(12(3)9-10)14-6-5-7-15-17(14)18(21)13(4)19-20-15/h5-9H,1-4H3,(H,20,21). The molecule has 1 N–H and O–H groups in total. The van der Waals surface area contributed by atoms with Gasteiger partial charge in [0.05, 0.1) is 10.9 Å². The zero-order valence-electron chi connectivity index (χ0n) is 12.7. The van der Waals surface area contributed by atoms with E-state index in [4.69, 9.17) is 0 Å². The van der Waals surface area contributed by atoms with Crippen LogP contribution in [0.4, 0.5) is 0 Å². The van der Waals surface area contributed by atoms with Crippen LogP contribution in [0, 0.1) is 27.7 Å². The molecule has 1 heterocycles. The molecule has 0 aliphatic heterocycles. The first-order valence-electron chi connectivity index (χ1n) is 7.05. The molecule has 0 saturated carbocycles. The number of aromatic amines is 1. The molecule has 0 saturated heterocycles. The van der Waals surface area contributed by atoms with Gasteiger partial charge in [-0.25, -0.2) is 0 Å². The van der Waals surface area contributed by atoms with Gasteiger partial charge in [-0.15, -0.1) is 0 Å². The highest BCUT2D eigenvalue weighted by atomic mass is 16.1. The topological polar surface area (TPSA) is 45.8 Å². The Morgan fingerprint density at radius 2 is 1.67 bits per heavy atom. The van der Waals surface area contributed by atoms with Crippen molar-refractivity contribution >= 4 is 10.9 Å². The third-order valence-electron chi connectivity index (χ3n) is 3.91. The van der Waals surface area contributed by atoms with E-state index in [0.717, 1.165) is 22.0 Å². The first-order chi connectivity index (χ1) is 9.99. The van der Waals surface area contributed by atoms with Gasteiger partial charge in [0, 0.05) is 0 Å². The predicted octanol–water partition coefficient (Wildman–Crippen LogP) is 3.82. The molecule has 3 aromatic rings. The van der Waals surface area contributed by atoms with Gasteiger partial charge in [-0.3, -0.25) is 9.89 Å². The van der Waals surface area contributed by atoms with Crippen molar-refractivity contribution in [2.24, 2.45) is 0 Å². The molecule has 3 rings (SSSR count). The van der Waals surface area contributed by atoms with E-state index < -0.39 is 0 Å². The number of aromatic nitrogens is 2. The van der Waals surface area contributed by atoms with Gasteiger partial charge in [0.2, 0.25) is 5.43 Å². The number of aryl methyl sites for hydroxylation is 4. The zero-order chi connectivity index (χ0) is 15.1. The highest BCUT2D eigenvalue weighted by molar-refractivity contribution is 5.96. The van der Waals surface area contributed by atoms with Crippen molar-refractivity contribution in [1.82, 2.24) is 10.2 Å². The summed E-state index contributed by atoms with van der Waals surface area (Å²) in [6, 6.07) is 10.2. The van der Waals surface area contributed by atoms with Crippen LogP contribution in [-0.2, 0) is 0 Å². The summed E-state index contributed by atoms with van der Waals surface area (Å²) in [5, 5.41) is 7.76. The summed E-state index contributed by atoms with van der Waals surface area (Å²) in [6.07, 6.45) is 0. The molecule has 0 unspecified atom stereocenters. The van der Waals surface area contributed by atoms with E-state index in [1.807, 2.05) is 18.2 Å². The third-order valence-corrected chi connectivity index (χ3v) is 3.91. The van der Waals surface area contributed by atoms with Gasteiger partial charge in [-0.2, -0.15) is 5.10 Å². The smallest absolute Gasteiger partial charge is 0.211 e. The summed E-state index contributed by atoms with van der Waals surface area (Å²) < 4.78 is 0. The van der Waals surface area contributed by atoms with E-state index in [1.165, 1.54) is 16.7 Å². The number of rotatable bonds is 1. The maximum Gasteiger partial charge on any atom is 0.211 e.